The molecule has 86 valence electrons. The molecule has 1 aromatic rings. The van der Waals surface area contributed by atoms with Crippen LogP contribution in [0.2, 0.25) is 0 Å². The molecule has 0 aliphatic rings. The molecule has 0 fully saturated rings. The molecule has 0 aliphatic heterocycles. The van der Waals surface area contributed by atoms with E-state index in [-0.39, 0.29) is 5.75 Å². The summed E-state index contributed by atoms with van der Waals surface area (Å²) in [6.45, 7) is 0.572. The predicted molar refractivity (Wildman–Crippen MR) is 58.8 cm³/mol. The quantitative estimate of drug-likeness (QED) is 0.691. The highest BCUT2D eigenvalue weighted by atomic mass is 35.5. The Labute approximate surface area is 94.3 Å². The lowest BCUT2D eigenvalue weighted by atomic mass is 10.4. The molecule has 5 nitrogen and oxygen atoms in total. The van der Waals surface area contributed by atoms with Crippen molar-refractivity contribution in [2.45, 2.75) is 19.4 Å². The zero-order chi connectivity index (χ0) is 11.3. The predicted octanol–water partition coefficient (Wildman–Crippen LogP) is 0.494. The van der Waals surface area contributed by atoms with Crippen molar-refractivity contribution in [2.24, 2.45) is 0 Å². The molecular weight excluding hydrogens is 238 g/mol. The maximum absolute atomic E-state index is 10.9. The Morgan fingerprint density at radius 3 is 2.87 bits per heavy atom. The van der Waals surface area contributed by atoms with Gasteiger partial charge in [0.05, 0.1) is 11.4 Å². The van der Waals surface area contributed by atoms with Crippen molar-refractivity contribution < 1.29 is 8.42 Å². The third-order valence-electron chi connectivity index (χ3n) is 1.84. The smallest absolute Gasteiger partial charge is 0.147 e. The van der Waals surface area contributed by atoms with Crippen molar-refractivity contribution in [3.8, 4) is 0 Å². The fourth-order valence-electron chi connectivity index (χ4n) is 1.15. The number of aryl methyl sites for hydroxylation is 2. The Kier molecular flexibility index (Phi) is 4.53. The molecule has 15 heavy (non-hydrogen) atoms. The molecule has 0 bridgehead atoms. The van der Waals surface area contributed by atoms with Crippen LogP contribution >= 0.6 is 11.6 Å². The maximum atomic E-state index is 10.9. The van der Waals surface area contributed by atoms with Gasteiger partial charge in [0, 0.05) is 31.3 Å². The third-order valence-corrected chi connectivity index (χ3v) is 3.06. The minimum absolute atomic E-state index is 0.178. The van der Waals surface area contributed by atoms with Gasteiger partial charge < -0.3 is 0 Å². The van der Waals surface area contributed by atoms with Crippen molar-refractivity contribution in [1.82, 2.24) is 15.0 Å². The summed E-state index contributed by atoms with van der Waals surface area (Å²) in [5.74, 6) is 0.694. The fraction of sp³-hybridized carbons (Fsp3) is 0.750. The van der Waals surface area contributed by atoms with Gasteiger partial charge >= 0.3 is 0 Å². The van der Waals surface area contributed by atoms with E-state index in [1.54, 1.807) is 10.9 Å². The summed E-state index contributed by atoms with van der Waals surface area (Å²) in [5, 5.41) is 7.77. The van der Waals surface area contributed by atoms with Crippen LogP contribution in [0, 0.1) is 0 Å². The SMILES string of the molecule is CS(=O)(=O)CCCn1cc(CCCl)nn1. The first kappa shape index (κ1) is 12.4. The van der Waals surface area contributed by atoms with E-state index in [2.05, 4.69) is 10.3 Å². The molecule has 1 aromatic heterocycles. The van der Waals surface area contributed by atoms with Crippen molar-refractivity contribution in [3.63, 3.8) is 0 Å². The normalized spacial score (nSPS) is 11.9. The monoisotopic (exact) mass is 251 g/mol. The second-order valence-corrected chi connectivity index (χ2v) is 6.03. The number of alkyl halides is 1. The van der Waals surface area contributed by atoms with Crippen LogP contribution in [0.4, 0.5) is 0 Å². The first-order valence-electron chi connectivity index (χ1n) is 4.64. The second-order valence-electron chi connectivity index (χ2n) is 3.40. The Morgan fingerprint density at radius 2 is 2.27 bits per heavy atom. The minimum atomic E-state index is -2.88. The van der Waals surface area contributed by atoms with Crippen molar-refractivity contribution in [3.05, 3.63) is 11.9 Å². The summed E-state index contributed by atoms with van der Waals surface area (Å²) in [6, 6.07) is 0. The largest absolute Gasteiger partial charge is 0.252 e. The standard InChI is InChI=1S/C8H14ClN3O2S/c1-15(13,14)6-2-5-12-7-8(3-4-9)10-11-12/h7H,2-6H2,1H3. The second kappa shape index (κ2) is 5.46. The molecule has 0 atom stereocenters. The van der Waals surface area contributed by atoms with E-state index in [9.17, 15) is 8.42 Å². The number of sulfone groups is 1. The molecule has 0 saturated carbocycles. The summed E-state index contributed by atoms with van der Waals surface area (Å²) in [4.78, 5) is 0. The molecule has 0 unspecified atom stereocenters. The summed E-state index contributed by atoms with van der Waals surface area (Å²) >= 11 is 5.55. The van der Waals surface area contributed by atoms with Gasteiger partial charge in [-0.1, -0.05) is 5.21 Å². The van der Waals surface area contributed by atoms with E-state index >= 15 is 0 Å². The molecule has 0 saturated heterocycles. The molecule has 0 aliphatic carbocycles. The van der Waals surface area contributed by atoms with Gasteiger partial charge in [-0.05, 0) is 6.42 Å². The summed E-state index contributed by atoms with van der Waals surface area (Å²) in [6.07, 6.45) is 4.27. The Bertz CT molecular complexity index is 402. The highest BCUT2D eigenvalue weighted by Crippen LogP contribution is 1.98. The van der Waals surface area contributed by atoms with Gasteiger partial charge in [-0.3, -0.25) is 4.68 Å². The first-order chi connectivity index (χ1) is 7.01. The number of aromatic nitrogens is 3. The van der Waals surface area contributed by atoms with Gasteiger partial charge in [0.1, 0.15) is 9.84 Å². The number of hydrogen-bond donors (Lipinski definition) is 0. The van der Waals surface area contributed by atoms with Gasteiger partial charge in [0.25, 0.3) is 0 Å². The molecule has 0 N–H and O–H groups in total. The lowest BCUT2D eigenvalue weighted by Crippen LogP contribution is -2.07. The zero-order valence-electron chi connectivity index (χ0n) is 8.56. The lowest BCUT2D eigenvalue weighted by molar-refractivity contribution is 0.564. The van der Waals surface area contributed by atoms with E-state index in [0.29, 0.717) is 25.3 Å². The van der Waals surface area contributed by atoms with Gasteiger partial charge in [-0.15, -0.1) is 16.7 Å². The van der Waals surface area contributed by atoms with Crippen molar-refractivity contribution in [1.29, 1.82) is 0 Å². The minimum Gasteiger partial charge on any atom is -0.252 e. The van der Waals surface area contributed by atoms with Crippen LogP contribution in [0.1, 0.15) is 12.1 Å². The van der Waals surface area contributed by atoms with Crippen molar-refractivity contribution >= 4 is 21.4 Å². The van der Waals surface area contributed by atoms with E-state index in [1.165, 1.54) is 6.26 Å². The Morgan fingerprint density at radius 1 is 1.53 bits per heavy atom. The van der Waals surface area contributed by atoms with Crippen LogP contribution in [0.25, 0.3) is 0 Å². The lowest BCUT2D eigenvalue weighted by Gasteiger charge is -1.98. The van der Waals surface area contributed by atoms with Gasteiger partial charge in [0.15, 0.2) is 0 Å². The van der Waals surface area contributed by atoms with E-state index in [0.717, 1.165) is 5.69 Å². The number of rotatable bonds is 6. The molecule has 7 heteroatoms. The van der Waals surface area contributed by atoms with Gasteiger partial charge in [-0.25, -0.2) is 8.42 Å². The highest BCUT2D eigenvalue weighted by Gasteiger charge is 2.03. The average Bonchev–Trinajstić information content (AvgIpc) is 2.51. The third kappa shape index (κ3) is 5.13. The van der Waals surface area contributed by atoms with Crippen molar-refractivity contribution in [2.75, 3.05) is 17.9 Å². The molecule has 1 rings (SSSR count). The van der Waals surface area contributed by atoms with Crippen LogP contribution in [0.5, 0.6) is 0 Å². The number of halogens is 1. The number of hydrogen-bond acceptors (Lipinski definition) is 4. The molecule has 0 aromatic carbocycles. The number of nitrogens with zero attached hydrogens (tertiary/aromatic N) is 3. The van der Waals surface area contributed by atoms with Gasteiger partial charge in [-0.2, -0.15) is 0 Å². The fourth-order valence-corrected chi connectivity index (χ4v) is 2.00. The topological polar surface area (TPSA) is 64.8 Å². The molecule has 1 heterocycles. The molecular formula is C8H14ClN3O2S. The van der Waals surface area contributed by atoms with E-state index in [1.807, 2.05) is 0 Å². The maximum Gasteiger partial charge on any atom is 0.147 e. The van der Waals surface area contributed by atoms with Gasteiger partial charge in [0.2, 0.25) is 0 Å². The highest BCUT2D eigenvalue weighted by molar-refractivity contribution is 7.90. The summed E-state index contributed by atoms with van der Waals surface area (Å²) in [7, 11) is -2.88. The average molecular weight is 252 g/mol. The van der Waals surface area contributed by atoms with E-state index < -0.39 is 9.84 Å². The zero-order valence-corrected chi connectivity index (χ0v) is 10.1. The first-order valence-corrected chi connectivity index (χ1v) is 7.23. The summed E-state index contributed by atoms with van der Waals surface area (Å²) in [5.41, 5.74) is 0.837. The van der Waals surface area contributed by atoms with Crippen LogP contribution in [0.15, 0.2) is 6.20 Å². The summed E-state index contributed by atoms with van der Waals surface area (Å²) < 4.78 is 23.4. The van der Waals surface area contributed by atoms with Crippen LogP contribution in [0.3, 0.4) is 0 Å². The van der Waals surface area contributed by atoms with E-state index in [4.69, 9.17) is 11.6 Å². The Balaban J connectivity index is 2.38. The Hall–Kier alpha value is -0.620. The van der Waals surface area contributed by atoms with Crippen LogP contribution in [-0.2, 0) is 22.8 Å². The molecule has 0 spiro atoms. The molecule has 0 amide bonds. The molecule has 0 radical (unpaired) electrons. The van der Waals surface area contributed by atoms with Crippen LogP contribution < -0.4 is 0 Å². The van der Waals surface area contributed by atoms with Crippen LogP contribution in [-0.4, -0.2) is 41.3 Å².